The first kappa shape index (κ1) is 17.4. The summed E-state index contributed by atoms with van der Waals surface area (Å²) in [5.41, 5.74) is 3.36. The van der Waals surface area contributed by atoms with Crippen molar-refractivity contribution in [2.75, 3.05) is 19.3 Å². The van der Waals surface area contributed by atoms with Crippen molar-refractivity contribution >= 4 is 15.9 Å². The maximum absolute atomic E-state index is 12.9. The summed E-state index contributed by atoms with van der Waals surface area (Å²) in [4.78, 5) is 14.7. The molecule has 0 spiro atoms. The van der Waals surface area contributed by atoms with Crippen molar-refractivity contribution in [3.63, 3.8) is 0 Å². The molecule has 1 heterocycles. The van der Waals surface area contributed by atoms with Crippen LogP contribution in [-0.4, -0.2) is 44.6 Å². The summed E-state index contributed by atoms with van der Waals surface area (Å²) in [5.74, 6) is 0.452. The van der Waals surface area contributed by atoms with E-state index in [4.69, 9.17) is 0 Å². The normalized spacial score (nSPS) is 23.8. The third-order valence-electron chi connectivity index (χ3n) is 5.22. The van der Waals surface area contributed by atoms with E-state index in [1.807, 2.05) is 12.1 Å². The fourth-order valence-electron chi connectivity index (χ4n) is 3.96. The van der Waals surface area contributed by atoms with Crippen molar-refractivity contribution in [3.8, 4) is 0 Å². The smallest absolute Gasteiger partial charge is 0.253 e. The standard InChI is InChI=1S/C18H26N2O3S/c1-12(2)16-10-20(11-17(16)19-24(3,22)23)18(21)15-8-7-13-5-4-6-14(13)9-15/h7-9,12,16-17,19H,4-6,10-11H2,1-3H3. The molecule has 1 N–H and O–H groups in total. The third kappa shape index (κ3) is 3.64. The molecule has 2 unspecified atom stereocenters. The Balaban J connectivity index is 1.78. The maximum Gasteiger partial charge on any atom is 0.253 e. The first-order valence-electron chi connectivity index (χ1n) is 8.63. The van der Waals surface area contributed by atoms with E-state index in [9.17, 15) is 13.2 Å². The molecule has 24 heavy (non-hydrogen) atoms. The number of carbonyl (C=O) groups is 1. The van der Waals surface area contributed by atoms with Crippen LogP contribution in [0.1, 0.15) is 41.8 Å². The molecule has 1 amide bonds. The lowest BCUT2D eigenvalue weighted by molar-refractivity contribution is 0.0783. The Hall–Kier alpha value is -1.40. The molecule has 0 radical (unpaired) electrons. The molecule has 1 aliphatic carbocycles. The highest BCUT2D eigenvalue weighted by Crippen LogP contribution is 2.28. The van der Waals surface area contributed by atoms with Gasteiger partial charge in [0.2, 0.25) is 10.0 Å². The van der Waals surface area contributed by atoms with Crippen LogP contribution < -0.4 is 4.72 Å². The summed E-state index contributed by atoms with van der Waals surface area (Å²) in [6, 6.07) is 5.79. The van der Waals surface area contributed by atoms with E-state index in [1.54, 1.807) is 4.90 Å². The van der Waals surface area contributed by atoms with Crippen molar-refractivity contribution in [1.82, 2.24) is 9.62 Å². The van der Waals surface area contributed by atoms with Crippen LogP contribution in [0.15, 0.2) is 18.2 Å². The van der Waals surface area contributed by atoms with Gasteiger partial charge in [-0.15, -0.1) is 0 Å². The Morgan fingerprint density at radius 2 is 1.92 bits per heavy atom. The Morgan fingerprint density at radius 1 is 1.21 bits per heavy atom. The van der Waals surface area contributed by atoms with Crippen molar-refractivity contribution < 1.29 is 13.2 Å². The molecule has 1 aliphatic heterocycles. The summed E-state index contributed by atoms with van der Waals surface area (Å²) in [7, 11) is -3.28. The molecular weight excluding hydrogens is 324 g/mol. The molecule has 2 aliphatic rings. The average Bonchev–Trinajstić information content (AvgIpc) is 3.10. The minimum Gasteiger partial charge on any atom is -0.337 e. The van der Waals surface area contributed by atoms with E-state index >= 15 is 0 Å². The zero-order valence-electron chi connectivity index (χ0n) is 14.6. The Labute approximate surface area is 144 Å². The van der Waals surface area contributed by atoms with Gasteiger partial charge in [-0.05, 0) is 54.4 Å². The number of rotatable bonds is 4. The average molecular weight is 350 g/mol. The molecule has 1 aromatic rings. The van der Waals surface area contributed by atoms with Gasteiger partial charge in [0, 0.05) is 24.7 Å². The molecule has 2 atom stereocenters. The highest BCUT2D eigenvalue weighted by Gasteiger charge is 2.38. The quantitative estimate of drug-likeness (QED) is 0.901. The topological polar surface area (TPSA) is 66.5 Å². The van der Waals surface area contributed by atoms with Crippen LogP contribution in [0.5, 0.6) is 0 Å². The van der Waals surface area contributed by atoms with Crippen LogP contribution in [0.2, 0.25) is 0 Å². The Kier molecular flexibility index (Phi) is 4.71. The lowest BCUT2D eigenvalue weighted by Crippen LogP contribution is -2.41. The van der Waals surface area contributed by atoms with Gasteiger partial charge in [0.1, 0.15) is 0 Å². The van der Waals surface area contributed by atoms with Crippen molar-refractivity contribution in [2.24, 2.45) is 11.8 Å². The molecule has 6 heteroatoms. The summed E-state index contributed by atoms with van der Waals surface area (Å²) in [6.07, 6.45) is 4.48. The molecule has 1 fully saturated rings. The third-order valence-corrected chi connectivity index (χ3v) is 5.95. The summed E-state index contributed by atoms with van der Waals surface area (Å²) in [5, 5.41) is 0. The van der Waals surface area contributed by atoms with E-state index in [-0.39, 0.29) is 17.9 Å². The number of amides is 1. The second-order valence-electron chi connectivity index (χ2n) is 7.45. The monoisotopic (exact) mass is 350 g/mol. The molecule has 3 rings (SSSR count). The van der Waals surface area contributed by atoms with Crippen molar-refractivity contribution in [3.05, 3.63) is 34.9 Å². The molecule has 5 nitrogen and oxygen atoms in total. The van der Waals surface area contributed by atoms with Crippen LogP contribution in [-0.2, 0) is 22.9 Å². The number of hydrogen-bond acceptors (Lipinski definition) is 3. The number of sulfonamides is 1. The minimum absolute atomic E-state index is 0.00755. The van der Waals surface area contributed by atoms with Gasteiger partial charge in [0.25, 0.3) is 5.91 Å². The van der Waals surface area contributed by atoms with Crippen LogP contribution in [0, 0.1) is 11.8 Å². The van der Waals surface area contributed by atoms with Gasteiger partial charge in [0.05, 0.1) is 6.26 Å². The van der Waals surface area contributed by atoms with Crippen molar-refractivity contribution in [1.29, 1.82) is 0 Å². The number of nitrogens with one attached hydrogen (secondary N) is 1. The van der Waals surface area contributed by atoms with E-state index < -0.39 is 10.0 Å². The van der Waals surface area contributed by atoms with E-state index in [2.05, 4.69) is 24.6 Å². The molecule has 0 aromatic heterocycles. The lowest BCUT2D eigenvalue weighted by Gasteiger charge is -2.21. The van der Waals surface area contributed by atoms with Gasteiger partial charge in [-0.25, -0.2) is 13.1 Å². The number of likely N-dealkylation sites (tertiary alicyclic amines) is 1. The lowest BCUT2D eigenvalue weighted by atomic mass is 9.92. The summed E-state index contributed by atoms with van der Waals surface area (Å²) in [6.45, 7) is 5.18. The Morgan fingerprint density at radius 3 is 2.58 bits per heavy atom. The van der Waals surface area contributed by atoms with Gasteiger partial charge >= 0.3 is 0 Å². The van der Waals surface area contributed by atoms with Gasteiger partial charge in [0.15, 0.2) is 0 Å². The molecule has 0 bridgehead atoms. The van der Waals surface area contributed by atoms with E-state index in [0.29, 0.717) is 19.0 Å². The molecule has 1 saturated heterocycles. The largest absolute Gasteiger partial charge is 0.337 e. The second kappa shape index (κ2) is 6.48. The molecular formula is C18H26N2O3S. The fourth-order valence-corrected chi connectivity index (χ4v) is 4.76. The number of carbonyl (C=O) groups excluding carboxylic acids is 1. The first-order chi connectivity index (χ1) is 11.2. The van der Waals surface area contributed by atoms with Crippen LogP contribution in [0.3, 0.4) is 0 Å². The minimum atomic E-state index is -3.28. The van der Waals surface area contributed by atoms with Crippen LogP contribution in [0.4, 0.5) is 0 Å². The van der Waals surface area contributed by atoms with E-state index in [0.717, 1.165) is 24.8 Å². The predicted molar refractivity (Wildman–Crippen MR) is 94.5 cm³/mol. The number of aryl methyl sites for hydroxylation is 2. The van der Waals surface area contributed by atoms with Gasteiger partial charge in [-0.1, -0.05) is 19.9 Å². The Bertz CT molecular complexity index is 743. The highest BCUT2D eigenvalue weighted by atomic mass is 32.2. The molecule has 1 aromatic carbocycles. The van der Waals surface area contributed by atoms with Crippen LogP contribution in [0.25, 0.3) is 0 Å². The first-order valence-corrected chi connectivity index (χ1v) is 10.5. The van der Waals surface area contributed by atoms with Crippen LogP contribution >= 0.6 is 0 Å². The SMILES string of the molecule is CC(C)C1CN(C(=O)c2ccc3c(c2)CCC3)CC1NS(C)(=O)=O. The number of benzene rings is 1. The molecule has 132 valence electrons. The summed E-state index contributed by atoms with van der Waals surface area (Å²) < 4.78 is 25.9. The predicted octanol–water partition coefficient (Wildman–Crippen LogP) is 1.82. The van der Waals surface area contributed by atoms with Gasteiger partial charge < -0.3 is 4.90 Å². The zero-order chi connectivity index (χ0) is 17.5. The highest BCUT2D eigenvalue weighted by molar-refractivity contribution is 7.88. The maximum atomic E-state index is 12.9. The zero-order valence-corrected chi connectivity index (χ0v) is 15.4. The number of fused-ring (bicyclic) bond motifs is 1. The fraction of sp³-hybridized carbons (Fsp3) is 0.611. The van der Waals surface area contributed by atoms with Gasteiger partial charge in [-0.3, -0.25) is 4.79 Å². The number of hydrogen-bond donors (Lipinski definition) is 1. The van der Waals surface area contributed by atoms with E-state index in [1.165, 1.54) is 17.4 Å². The summed E-state index contributed by atoms with van der Waals surface area (Å²) >= 11 is 0. The second-order valence-corrected chi connectivity index (χ2v) is 9.23. The number of nitrogens with zero attached hydrogens (tertiary/aromatic N) is 1. The van der Waals surface area contributed by atoms with Crippen molar-refractivity contribution in [2.45, 2.75) is 39.2 Å². The molecule has 0 saturated carbocycles. The van der Waals surface area contributed by atoms with Gasteiger partial charge in [-0.2, -0.15) is 0 Å².